The van der Waals surface area contributed by atoms with Crippen molar-refractivity contribution >= 4 is 11.7 Å². The van der Waals surface area contributed by atoms with Crippen molar-refractivity contribution in [2.75, 3.05) is 0 Å². The molecule has 0 spiro atoms. The summed E-state index contributed by atoms with van der Waals surface area (Å²) in [4.78, 5) is 3.95. The summed E-state index contributed by atoms with van der Waals surface area (Å²) in [5.41, 5.74) is 7.31. The van der Waals surface area contributed by atoms with Crippen LogP contribution in [-0.4, -0.2) is 17.8 Å². The quantitative estimate of drug-likeness (QED) is 0.837. The molecule has 1 atom stereocenters. The van der Waals surface area contributed by atoms with Gasteiger partial charge in [-0.2, -0.15) is 0 Å². The molecule has 4 heteroatoms. The van der Waals surface area contributed by atoms with Crippen molar-refractivity contribution in [1.82, 2.24) is 0 Å². The second kappa shape index (κ2) is 5.21. The Balaban J connectivity index is 2.09. The molecule has 0 saturated carbocycles. The van der Waals surface area contributed by atoms with Gasteiger partial charge in [-0.05, 0) is 31.5 Å². The lowest BCUT2D eigenvalue weighted by Crippen LogP contribution is -2.13. The molecule has 2 rings (SSSR count). The topological polar surface area (TPSA) is 71.5 Å². The van der Waals surface area contributed by atoms with Gasteiger partial charge in [-0.25, -0.2) is 4.99 Å². The maximum Gasteiger partial charge on any atom is 0.155 e. The molecule has 0 saturated heterocycles. The van der Waals surface area contributed by atoms with Crippen LogP contribution in [-0.2, 0) is 0 Å². The van der Waals surface area contributed by atoms with Crippen LogP contribution in [0.3, 0.4) is 0 Å². The second-order valence-corrected chi connectivity index (χ2v) is 4.62. The fourth-order valence-corrected chi connectivity index (χ4v) is 2.04. The summed E-state index contributed by atoms with van der Waals surface area (Å²) < 4.78 is 5.84. The van der Waals surface area contributed by atoms with Crippen molar-refractivity contribution in [1.29, 1.82) is 5.41 Å². The highest BCUT2D eigenvalue weighted by molar-refractivity contribution is 6.20. The first-order chi connectivity index (χ1) is 8.61. The lowest BCUT2D eigenvalue weighted by molar-refractivity contribution is 0.207. The monoisotopic (exact) mass is 245 g/mol. The third kappa shape index (κ3) is 2.53. The van der Waals surface area contributed by atoms with Crippen molar-refractivity contribution in [3.05, 3.63) is 29.3 Å². The number of unbranched alkanes of at least 4 members (excludes halogenated alkanes) is 1. The maximum absolute atomic E-state index is 7.73. The van der Waals surface area contributed by atoms with Crippen molar-refractivity contribution < 1.29 is 4.74 Å². The predicted octanol–water partition coefficient (Wildman–Crippen LogP) is 2.69. The van der Waals surface area contributed by atoms with E-state index < -0.39 is 0 Å². The number of ether oxygens (including phenoxy) is 1. The zero-order valence-electron chi connectivity index (χ0n) is 10.9. The average Bonchev–Trinajstić information content (AvgIpc) is 2.62. The number of hydrogen-bond donors (Lipinski definition) is 2. The SMILES string of the molecule is CCCCC(C)Oc1ccc2c(c1)C(=N)N=C2N. The molecule has 96 valence electrons. The standard InChI is InChI=1S/C14H19N3O/c1-3-4-5-9(2)18-10-6-7-11-12(8-10)14(16)17-13(11)15/h6-9H,3-5H2,1-2H3,(H3,15,16,17). The Kier molecular flexibility index (Phi) is 3.65. The largest absolute Gasteiger partial charge is 0.491 e. The molecular weight excluding hydrogens is 226 g/mol. The average molecular weight is 245 g/mol. The van der Waals surface area contributed by atoms with E-state index in [2.05, 4.69) is 18.8 Å². The minimum atomic E-state index is 0.192. The van der Waals surface area contributed by atoms with Crippen LogP contribution >= 0.6 is 0 Å². The molecule has 0 radical (unpaired) electrons. The highest BCUT2D eigenvalue weighted by Gasteiger charge is 2.19. The Hall–Kier alpha value is -1.84. The van der Waals surface area contributed by atoms with E-state index in [4.69, 9.17) is 15.9 Å². The van der Waals surface area contributed by atoms with E-state index >= 15 is 0 Å². The van der Waals surface area contributed by atoms with Crippen LogP contribution < -0.4 is 10.5 Å². The van der Waals surface area contributed by atoms with E-state index in [-0.39, 0.29) is 11.9 Å². The van der Waals surface area contributed by atoms with Crippen molar-refractivity contribution in [2.24, 2.45) is 10.7 Å². The summed E-state index contributed by atoms with van der Waals surface area (Å²) in [7, 11) is 0. The van der Waals surface area contributed by atoms with Crippen molar-refractivity contribution in [3.8, 4) is 5.75 Å². The Labute approximate surface area is 107 Å². The number of amidine groups is 2. The molecule has 1 aliphatic heterocycles. The molecular formula is C14H19N3O. The van der Waals surface area contributed by atoms with E-state index in [1.54, 1.807) is 0 Å². The Morgan fingerprint density at radius 3 is 2.89 bits per heavy atom. The minimum absolute atomic E-state index is 0.192. The molecule has 0 aliphatic carbocycles. The van der Waals surface area contributed by atoms with Crippen LogP contribution in [0.4, 0.5) is 0 Å². The van der Waals surface area contributed by atoms with Crippen LogP contribution in [0.5, 0.6) is 5.75 Å². The zero-order chi connectivity index (χ0) is 13.1. The van der Waals surface area contributed by atoms with Crippen LogP contribution in [0.2, 0.25) is 0 Å². The molecule has 0 bridgehead atoms. The van der Waals surface area contributed by atoms with Crippen LogP contribution in [0.15, 0.2) is 23.2 Å². The van der Waals surface area contributed by atoms with E-state index in [1.165, 1.54) is 6.42 Å². The third-order valence-electron chi connectivity index (χ3n) is 3.06. The molecule has 3 N–H and O–H groups in total. The number of benzene rings is 1. The minimum Gasteiger partial charge on any atom is -0.491 e. The van der Waals surface area contributed by atoms with E-state index in [0.717, 1.165) is 29.7 Å². The van der Waals surface area contributed by atoms with Gasteiger partial charge in [0, 0.05) is 11.1 Å². The van der Waals surface area contributed by atoms with Gasteiger partial charge in [-0.1, -0.05) is 19.8 Å². The van der Waals surface area contributed by atoms with Gasteiger partial charge in [0.15, 0.2) is 5.84 Å². The molecule has 0 aromatic heterocycles. The van der Waals surface area contributed by atoms with Crippen LogP contribution in [0.1, 0.15) is 44.2 Å². The Bertz CT molecular complexity index is 494. The summed E-state index contributed by atoms with van der Waals surface area (Å²) in [5.74, 6) is 1.42. The Morgan fingerprint density at radius 1 is 1.39 bits per heavy atom. The highest BCUT2D eigenvalue weighted by Crippen LogP contribution is 2.24. The normalized spacial score (nSPS) is 15.2. The van der Waals surface area contributed by atoms with Gasteiger partial charge in [0.2, 0.25) is 0 Å². The van der Waals surface area contributed by atoms with Crippen LogP contribution in [0, 0.1) is 5.41 Å². The number of nitrogens with one attached hydrogen (secondary N) is 1. The predicted molar refractivity (Wildman–Crippen MR) is 73.6 cm³/mol. The fraction of sp³-hybridized carbons (Fsp3) is 0.429. The lowest BCUT2D eigenvalue weighted by atomic mass is 10.1. The van der Waals surface area contributed by atoms with Gasteiger partial charge in [-0.3, -0.25) is 5.41 Å². The molecule has 18 heavy (non-hydrogen) atoms. The van der Waals surface area contributed by atoms with E-state index in [1.807, 2.05) is 18.2 Å². The van der Waals surface area contributed by atoms with Gasteiger partial charge in [0.25, 0.3) is 0 Å². The van der Waals surface area contributed by atoms with E-state index in [9.17, 15) is 0 Å². The molecule has 1 unspecified atom stereocenters. The number of hydrogen-bond acceptors (Lipinski definition) is 3. The lowest BCUT2D eigenvalue weighted by Gasteiger charge is -2.15. The molecule has 1 aromatic rings. The molecule has 1 aromatic carbocycles. The van der Waals surface area contributed by atoms with Gasteiger partial charge in [-0.15, -0.1) is 0 Å². The molecule has 1 heterocycles. The van der Waals surface area contributed by atoms with Gasteiger partial charge >= 0.3 is 0 Å². The zero-order valence-corrected chi connectivity index (χ0v) is 10.9. The fourth-order valence-electron chi connectivity index (χ4n) is 2.04. The number of nitrogens with two attached hydrogens (primary N) is 1. The summed E-state index contributed by atoms with van der Waals surface area (Å²) in [6.07, 6.45) is 3.58. The number of fused-ring (bicyclic) bond motifs is 1. The van der Waals surface area contributed by atoms with Crippen molar-refractivity contribution in [2.45, 2.75) is 39.2 Å². The number of rotatable bonds is 5. The van der Waals surface area contributed by atoms with Gasteiger partial charge in [0.1, 0.15) is 11.6 Å². The summed E-state index contributed by atoms with van der Waals surface area (Å²) in [6.45, 7) is 4.24. The summed E-state index contributed by atoms with van der Waals surface area (Å²) in [6, 6.07) is 5.61. The molecule has 4 nitrogen and oxygen atoms in total. The smallest absolute Gasteiger partial charge is 0.155 e. The van der Waals surface area contributed by atoms with Gasteiger partial charge in [0.05, 0.1) is 6.10 Å². The maximum atomic E-state index is 7.73. The van der Waals surface area contributed by atoms with Crippen molar-refractivity contribution in [3.63, 3.8) is 0 Å². The highest BCUT2D eigenvalue weighted by atomic mass is 16.5. The van der Waals surface area contributed by atoms with E-state index in [0.29, 0.717) is 5.84 Å². The first-order valence-corrected chi connectivity index (χ1v) is 6.36. The summed E-state index contributed by atoms with van der Waals surface area (Å²) in [5, 5.41) is 7.73. The third-order valence-corrected chi connectivity index (χ3v) is 3.06. The first-order valence-electron chi connectivity index (χ1n) is 6.36. The van der Waals surface area contributed by atoms with Crippen LogP contribution in [0.25, 0.3) is 0 Å². The molecule has 0 fully saturated rings. The second-order valence-electron chi connectivity index (χ2n) is 4.62. The number of nitrogens with zero attached hydrogens (tertiary/aromatic N) is 1. The first kappa shape index (κ1) is 12.6. The summed E-state index contributed by atoms with van der Waals surface area (Å²) >= 11 is 0. The Morgan fingerprint density at radius 2 is 2.17 bits per heavy atom. The van der Waals surface area contributed by atoms with Gasteiger partial charge < -0.3 is 10.5 Å². The molecule has 1 aliphatic rings. The number of aliphatic imine (C=N–C) groups is 1. The molecule has 0 amide bonds.